The fourth-order valence-electron chi connectivity index (χ4n) is 3.85. The Morgan fingerprint density at radius 3 is 2.62 bits per heavy atom. The molecule has 0 spiro atoms. The third kappa shape index (κ3) is 6.38. The first-order chi connectivity index (χ1) is 15.9. The number of nitrogens with one attached hydrogen (secondary N) is 2. The van der Waals surface area contributed by atoms with Gasteiger partial charge in [0.2, 0.25) is 21.8 Å². The quantitative estimate of drug-likeness (QED) is 0.558. The van der Waals surface area contributed by atoms with Crippen LogP contribution in [0.2, 0.25) is 0 Å². The van der Waals surface area contributed by atoms with Crippen molar-refractivity contribution >= 4 is 21.8 Å². The van der Waals surface area contributed by atoms with E-state index in [1.807, 2.05) is 0 Å². The second-order valence-electron chi connectivity index (χ2n) is 8.38. The molecule has 2 N–H and O–H groups in total. The lowest BCUT2D eigenvalue weighted by Crippen LogP contribution is -2.54. The first-order valence-corrected chi connectivity index (χ1v) is 12.4. The van der Waals surface area contributed by atoms with Crippen LogP contribution in [0.25, 0.3) is 0 Å². The van der Waals surface area contributed by atoms with Crippen molar-refractivity contribution in [1.29, 1.82) is 5.26 Å². The molecule has 1 aromatic rings. The van der Waals surface area contributed by atoms with Gasteiger partial charge in [-0.25, -0.2) is 8.42 Å². The minimum absolute atomic E-state index is 0.0246. The van der Waals surface area contributed by atoms with Gasteiger partial charge in [-0.3, -0.25) is 9.59 Å². The van der Waals surface area contributed by atoms with Gasteiger partial charge < -0.3 is 15.0 Å². The summed E-state index contributed by atoms with van der Waals surface area (Å²) in [5.41, 5.74) is -1.14. The van der Waals surface area contributed by atoms with Gasteiger partial charge in [-0.15, -0.1) is 13.2 Å². The lowest BCUT2D eigenvalue weighted by Gasteiger charge is -2.34. The number of benzene rings is 1. The van der Waals surface area contributed by atoms with Crippen LogP contribution in [0, 0.1) is 17.2 Å². The largest absolute Gasteiger partial charge is 0.573 e. The molecule has 13 heteroatoms. The van der Waals surface area contributed by atoms with Gasteiger partial charge in [-0.1, -0.05) is 6.07 Å². The molecular weight excluding hydrogens is 477 g/mol. The zero-order valence-electron chi connectivity index (χ0n) is 18.4. The van der Waals surface area contributed by atoms with Crippen molar-refractivity contribution in [3.63, 3.8) is 0 Å². The Morgan fingerprint density at radius 1 is 1.32 bits per heavy atom. The summed E-state index contributed by atoms with van der Waals surface area (Å²) in [4.78, 5) is 27.2. The van der Waals surface area contributed by atoms with Gasteiger partial charge in [-0.2, -0.15) is 9.98 Å². The Hall–Kier alpha value is -2.85. The number of halogens is 3. The smallest absolute Gasteiger partial charge is 0.405 e. The van der Waals surface area contributed by atoms with Crippen molar-refractivity contribution < 1.29 is 35.9 Å². The molecule has 2 amide bonds. The monoisotopic (exact) mass is 502 g/mol. The molecular formula is C21H25F3N4O5S. The van der Waals surface area contributed by atoms with Crippen LogP contribution in [0.15, 0.2) is 18.2 Å². The van der Waals surface area contributed by atoms with Gasteiger partial charge >= 0.3 is 6.36 Å². The van der Waals surface area contributed by atoms with E-state index in [0.29, 0.717) is 32.2 Å². The van der Waals surface area contributed by atoms with E-state index in [1.54, 1.807) is 6.07 Å². The summed E-state index contributed by atoms with van der Waals surface area (Å²) in [6.45, 7) is 1.68. The van der Waals surface area contributed by atoms with Crippen molar-refractivity contribution in [3.8, 4) is 11.8 Å². The van der Waals surface area contributed by atoms with Gasteiger partial charge in [0, 0.05) is 25.2 Å². The number of alkyl halides is 3. The number of piperidine rings is 1. The highest BCUT2D eigenvalue weighted by molar-refractivity contribution is 7.89. The zero-order chi connectivity index (χ0) is 25.1. The van der Waals surface area contributed by atoms with Crippen LogP contribution in [0.4, 0.5) is 13.2 Å². The summed E-state index contributed by atoms with van der Waals surface area (Å²) >= 11 is 0. The van der Waals surface area contributed by atoms with Gasteiger partial charge in [0.15, 0.2) is 0 Å². The summed E-state index contributed by atoms with van der Waals surface area (Å²) in [6, 6.07) is 5.27. The van der Waals surface area contributed by atoms with Gasteiger partial charge in [0.05, 0.1) is 23.3 Å². The average molecular weight is 503 g/mol. The van der Waals surface area contributed by atoms with Crippen molar-refractivity contribution in [2.24, 2.45) is 5.92 Å². The van der Waals surface area contributed by atoms with Crippen molar-refractivity contribution in [3.05, 3.63) is 29.3 Å². The molecule has 0 aromatic heterocycles. The summed E-state index contributed by atoms with van der Waals surface area (Å²) in [5.74, 6) is -2.13. The van der Waals surface area contributed by atoms with Crippen LogP contribution < -0.4 is 14.8 Å². The number of ether oxygens (including phenoxy) is 1. The molecule has 1 heterocycles. The van der Waals surface area contributed by atoms with E-state index < -0.39 is 39.5 Å². The minimum atomic E-state index is -4.96. The highest BCUT2D eigenvalue weighted by Gasteiger charge is 2.54. The Kier molecular flexibility index (Phi) is 7.42. The SMILES string of the molecule is CCS(=O)(=O)NC1(C(=O)N2CCC[C@@H](C(=O)NCc3ccc(C#N)cc3OC(F)(F)F)C2)CC1. The van der Waals surface area contributed by atoms with E-state index in [1.165, 1.54) is 24.0 Å². The maximum absolute atomic E-state index is 13.0. The highest BCUT2D eigenvalue weighted by atomic mass is 32.2. The summed E-state index contributed by atoms with van der Waals surface area (Å²) < 4.78 is 68.5. The molecule has 9 nitrogen and oxygen atoms in total. The normalized spacial score (nSPS) is 19.7. The Labute approximate surface area is 195 Å². The molecule has 34 heavy (non-hydrogen) atoms. The first kappa shape index (κ1) is 25.8. The van der Waals surface area contributed by atoms with Crippen molar-refractivity contribution in [1.82, 2.24) is 14.9 Å². The average Bonchev–Trinajstić information content (AvgIpc) is 3.56. The van der Waals surface area contributed by atoms with Gasteiger partial charge in [-0.05, 0) is 44.7 Å². The molecule has 0 radical (unpaired) electrons. The zero-order valence-corrected chi connectivity index (χ0v) is 19.3. The van der Waals surface area contributed by atoms with Crippen molar-refractivity contribution in [2.75, 3.05) is 18.8 Å². The maximum atomic E-state index is 13.0. The second kappa shape index (κ2) is 9.79. The Bertz CT molecular complexity index is 1100. The van der Waals surface area contributed by atoms with Crippen LogP contribution >= 0.6 is 0 Å². The number of amides is 2. The minimum Gasteiger partial charge on any atom is -0.405 e. The second-order valence-corrected chi connectivity index (χ2v) is 10.4. The molecule has 3 rings (SSSR count). The molecule has 1 saturated heterocycles. The maximum Gasteiger partial charge on any atom is 0.573 e. The number of rotatable bonds is 8. The fourth-order valence-corrected chi connectivity index (χ4v) is 4.88. The fraction of sp³-hybridized carbons (Fsp3) is 0.571. The number of carbonyl (C=O) groups excluding carboxylic acids is 2. The third-order valence-electron chi connectivity index (χ3n) is 5.84. The number of likely N-dealkylation sites (tertiary alicyclic amines) is 1. The van der Waals surface area contributed by atoms with E-state index in [2.05, 4.69) is 14.8 Å². The van der Waals surface area contributed by atoms with E-state index in [-0.39, 0.29) is 35.9 Å². The van der Waals surface area contributed by atoms with Crippen LogP contribution in [0.1, 0.15) is 43.7 Å². The summed E-state index contributed by atoms with van der Waals surface area (Å²) in [7, 11) is -3.58. The molecule has 1 atom stereocenters. The molecule has 1 aromatic carbocycles. The lowest BCUT2D eigenvalue weighted by molar-refractivity contribution is -0.274. The Balaban J connectivity index is 1.63. The number of hydrogen-bond donors (Lipinski definition) is 2. The number of carbonyl (C=O) groups is 2. The lowest BCUT2D eigenvalue weighted by atomic mass is 9.96. The van der Waals surface area contributed by atoms with E-state index in [9.17, 15) is 31.2 Å². The van der Waals surface area contributed by atoms with Crippen molar-refractivity contribution in [2.45, 2.75) is 51.1 Å². The molecule has 0 unspecified atom stereocenters. The summed E-state index contributed by atoms with van der Waals surface area (Å²) in [5, 5.41) is 11.5. The van der Waals surface area contributed by atoms with Crippen LogP contribution in [0.3, 0.4) is 0 Å². The van der Waals surface area contributed by atoms with Gasteiger partial charge in [0.25, 0.3) is 0 Å². The molecule has 1 aliphatic carbocycles. The van der Waals surface area contributed by atoms with Gasteiger partial charge in [0.1, 0.15) is 11.3 Å². The molecule has 186 valence electrons. The first-order valence-electron chi connectivity index (χ1n) is 10.8. The van der Waals surface area contributed by atoms with Crippen LogP contribution in [0.5, 0.6) is 5.75 Å². The molecule has 0 bridgehead atoms. The number of hydrogen-bond acceptors (Lipinski definition) is 6. The molecule has 2 aliphatic rings. The predicted octanol–water partition coefficient (Wildman–Crippen LogP) is 1.78. The highest BCUT2D eigenvalue weighted by Crippen LogP contribution is 2.39. The topological polar surface area (TPSA) is 129 Å². The Morgan fingerprint density at radius 2 is 2.03 bits per heavy atom. The number of nitriles is 1. The predicted molar refractivity (Wildman–Crippen MR) is 114 cm³/mol. The number of sulfonamides is 1. The summed E-state index contributed by atoms with van der Waals surface area (Å²) in [6.07, 6.45) is -3.18. The molecule has 1 saturated carbocycles. The van der Waals surface area contributed by atoms with E-state index >= 15 is 0 Å². The standard InChI is InChI=1S/C21H25F3N4O5S/c1-2-34(31,32)27-20(7-8-20)19(30)28-9-3-4-16(13-28)18(29)26-12-15-6-5-14(11-25)10-17(15)33-21(22,23)24/h5-6,10,16,27H,2-4,7-9,12-13H2,1H3,(H,26,29)/t16-/m1/s1. The van der Waals surface area contributed by atoms with Crippen LogP contribution in [-0.4, -0.2) is 55.9 Å². The molecule has 1 aliphatic heterocycles. The van der Waals surface area contributed by atoms with E-state index in [4.69, 9.17) is 5.26 Å². The third-order valence-corrected chi connectivity index (χ3v) is 7.31. The number of nitrogens with zero attached hydrogens (tertiary/aromatic N) is 2. The van der Waals surface area contributed by atoms with E-state index in [0.717, 1.165) is 6.07 Å². The molecule has 2 fully saturated rings. The van der Waals surface area contributed by atoms with Crippen LogP contribution in [-0.2, 0) is 26.2 Å².